The molecule has 674 valence electrons. The number of carbonyl (C=O) groups excluding carboxylic acids is 3. The van der Waals surface area contributed by atoms with E-state index in [9.17, 15) is 60.3 Å². The van der Waals surface area contributed by atoms with E-state index in [1.54, 1.807) is 76.2 Å². The van der Waals surface area contributed by atoms with Crippen LogP contribution in [-0.4, -0.2) is 345 Å². The summed E-state index contributed by atoms with van der Waals surface area (Å²) in [7, 11) is 18.2. The first-order chi connectivity index (χ1) is 53.3. The Balaban J connectivity index is 0.000000365. The fourth-order valence-electron chi connectivity index (χ4n) is 19.0. The molecule has 0 spiro atoms. The lowest BCUT2D eigenvalue weighted by atomic mass is 9.77. The first kappa shape index (κ1) is 102. The van der Waals surface area contributed by atoms with E-state index in [0.717, 1.165) is 12.8 Å². The number of unbranched alkanes of at least 4 members (excludes halogenated alkanes) is 1. The fourth-order valence-corrected chi connectivity index (χ4v) is 22.0. The Morgan fingerprint density at radius 3 is 1.32 bits per heavy atom. The normalized spacial score (nSPS) is 47.3. The third kappa shape index (κ3) is 25.7. The van der Waals surface area contributed by atoms with Crippen molar-refractivity contribution in [1.29, 1.82) is 0 Å². The second-order valence-electron chi connectivity index (χ2n) is 37.4. The number of hydrogen-bond donors (Lipinski definition) is 9. The van der Waals surface area contributed by atoms with Crippen molar-refractivity contribution in [1.82, 2.24) is 19.6 Å². The summed E-state index contributed by atoms with van der Waals surface area (Å²) < 4.78 is 82.5. The third-order valence-corrected chi connectivity index (χ3v) is 29.5. The minimum Gasteiger partial charge on any atom is -0.459 e. The van der Waals surface area contributed by atoms with Gasteiger partial charge in [0.2, 0.25) is 0 Å². The first-order valence-corrected chi connectivity index (χ1v) is 44.9. The molecule has 7 aliphatic rings. The Morgan fingerprint density at radius 2 is 0.939 bits per heavy atom. The Hall–Kier alpha value is -1.81. The molecular formula is C84H156N4O25S2. The summed E-state index contributed by atoms with van der Waals surface area (Å²) in [6.45, 7) is 36.2. The number of nitrogens with zero attached hydrogens (tertiary/aromatic N) is 4. The number of esters is 3. The summed E-state index contributed by atoms with van der Waals surface area (Å²) in [5.41, 5.74) is -8.85. The summed E-state index contributed by atoms with van der Waals surface area (Å²) in [6, 6.07) is -1.64. The number of carbonyl (C=O) groups is 3. The predicted octanol–water partition coefficient (Wildman–Crippen LogP) is 7.07. The van der Waals surface area contributed by atoms with Crippen molar-refractivity contribution in [3.63, 3.8) is 0 Å². The van der Waals surface area contributed by atoms with E-state index in [1.807, 2.05) is 132 Å². The molecule has 7 rings (SSSR count). The molecule has 9 N–H and O–H groups in total. The average Bonchev–Trinajstić information content (AvgIpc) is 1.59. The minimum absolute atomic E-state index is 0.117. The largest absolute Gasteiger partial charge is 0.459 e. The van der Waals surface area contributed by atoms with Gasteiger partial charge in [-0.2, -0.15) is 0 Å². The summed E-state index contributed by atoms with van der Waals surface area (Å²) in [5.74, 6) is -4.46. The average molecular weight is 1690 g/mol. The summed E-state index contributed by atoms with van der Waals surface area (Å²) in [5, 5.41) is 106. The zero-order valence-corrected chi connectivity index (χ0v) is 76.5. The number of rotatable bonds is 20. The lowest BCUT2D eigenvalue weighted by Gasteiger charge is -2.49. The lowest BCUT2D eigenvalue weighted by molar-refractivity contribution is -0.319. The van der Waals surface area contributed by atoms with Crippen LogP contribution in [-0.2, 0) is 76.0 Å². The maximum Gasteiger partial charge on any atom is 0.311 e. The molecule has 0 radical (unpaired) electrons. The number of likely N-dealkylation sites (N-methyl/N-ethyl adjacent to an activating group) is 4. The molecular weight excluding hydrogens is 1530 g/mol. The molecule has 0 aromatic carbocycles. The molecule has 7 fully saturated rings. The van der Waals surface area contributed by atoms with Crippen molar-refractivity contribution in [3.8, 4) is 0 Å². The molecule has 0 amide bonds. The zero-order valence-electron chi connectivity index (χ0n) is 74.9. The van der Waals surface area contributed by atoms with E-state index >= 15 is 0 Å². The highest BCUT2D eigenvalue weighted by Crippen LogP contribution is 2.45. The van der Waals surface area contributed by atoms with Crippen molar-refractivity contribution in [2.75, 3.05) is 75.3 Å². The van der Waals surface area contributed by atoms with Gasteiger partial charge in [-0.15, -0.1) is 0 Å². The molecule has 7 saturated heterocycles. The molecule has 29 nitrogen and oxygen atoms in total. The maximum atomic E-state index is 14.5. The van der Waals surface area contributed by atoms with Gasteiger partial charge in [0.15, 0.2) is 31.3 Å². The molecule has 31 heteroatoms. The molecule has 0 aromatic rings. The summed E-state index contributed by atoms with van der Waals surface area (Å²) in [6.07, 6.45) is -12.3. The first-order valence-electron chi connectivity index (χ1n) is 42.5. The molecule has 37 atom stereocenters. The van der Waals surface area contributed by atoms with Crippen LogP contribution in [0.2, 0.25) is 0 Å². The fraction of sp³-hybridized carbons (Fsp3) is 0.964. The van der Waals surface area contributed by atoms with Gasteiger partial charge >= 0.3 is 17.9 Å². The summed E-state index contributed by atoms with van der Waals surface area (Å²) in [4.78, 5) is 50.1. The predicted molar refractivity (Wildman–Crippen MR) is 439 cm³/mol. The third-order valence-electron chi connectivity index (χ3n) is 26.5. The maximum absolute atomic E-state index is 14.5. The molecule has 0 saturated carbocycles. The quantitative estimate of drug-likeness (QED) is 0.0255. The SMILES string of the molecule is CC[C@H]1OC(=O)[C@H](C)[C@@H](O[C@H]2C[C@@](C)(OC)[C@@H](O)[C@H](C)O2)[C@H](C)[C@@H](O[C@@H]2O[C@H](C)C[C@H](N(C)C)[C@H]2O)[C@](C)(O)C[C@@H](C)CN(C)[C@H](C)[C@@H](O)[C@]1(C)O.CC[C@H]1OC(=O)[C@H](C)[C@@H](O[C@H]2C[C@@](C)(OC)[C@@H](O)[C@H](C)O2)[C@H](C)[C@@H](O[C@@H]2O[C@H](C)C[C@H](N(C)C)[C@H]2OC(=O)CCCC[C@@H]2CCSS2)[C@](C)(O)C[C@@H](C)CN(C)[C@H](C)[C@@H](O)[C@]1(C)O. The number of aliphatic hydroxyl groups is 9. The van der Waals surface area contributed by atoms with Gasteiger partial charge in [-0.1, -0.05) is 69.6 Å². The van der Waals surface area contributed by atoms with Crippen LogP contribution in [0.1, 0.15) is 222 Å². The number of ether oxygens (including phenoxy) is 13. The second kappa shape index (κ2) is 43.2. The Bertz CT molecular complexity index is 2960. The topological polar surface area (TPSA) is 366 Å². The Labute approximate surface area is 696 Å². The lowest BCUT2D eigenvalue weighted by Crippen LogP contribution is -2.61. The van der Waals surface area contributed by atoms with Gasteiger partial charge in [0.25, 0.3) is 0 Å². The van der Waals surface area contributed by atoms with E-state index < -0.39 is 192 Å². The molecule has 7 heterocycles. The van der Waals surface area contributed by atoms with Gasteiger partial charge < -0.3 is 127 Å². The number of aliphatic hydroxyl groups excluding tert-OH is 5. The van der Waals surface area contributed by atoms with Crippen LogP contribution >= 0.6 is 21.6 Å². The number of methoxy groups -OCH3 is 2. The van der Waals surface area contributed by atoms with Crippen LogP contribution in [0, 0.1) is 35.5 Å². The Kier molecular flexibility index (Phi) is 38.3. The molecule has 115 heavy (non-hydrogen) atoms. The zero-order chi connectivity index (χ0) is 86.9. The van der Waals surface area contributed by atoms with Crippen LogP contribution < -0.4 is 0 Å². The highest BCUT2D eigenvalue weighted by atomic mass is 33.1. The van der Waals surface area contributed by atoms with Gasteiger partial charge in [0.1, 0.15) is 53.9 Å². The van der Waals surface area contributed by atoms with E-state index in [2.05, 4.69) is 0 Å². The van der Waals surface area contributed by atoms with Crippen LogP contribution in [0.4, 0.5) is 0 Å². The van der Waals surface area contributed by atoms with E-state index in [-0.39, 0.29) is 87.0 Å². The van der Waals surface area contributed by atoms with Crippen molar-refractivity contribution in [2.24, 2.45) is 35.5 Å². The Morgan fingerprint density at radius 1 is 0.539 bits per heavy atom. The van der Waals surface area contributed by atoms with E-state index in [4.69, 9.17) is 61.6 Å². The molecule has 7 aliphatic heterocycles. The molecule has 0 aliphatic carbocycles. The van der Waals surface area contributed by atoms with Gasteiger partial charge in [0, 0.05) is 87.5 Å². The highest BCUT2D eigenvalue weighted by Gasteiger charge is 2.57. The molecule has 0 bridgehead atoms. The van der Waals surface area contributed by atoms with E-state index in [1.165, 1.54) is 40.2 Å². The van der Waals surface area contributed by atoms with Crippen LogP contribution in [0.5, 0.6) is 0 Å². The van der Waals surface area contributed by atoms with Crippen molar-refractivity contribution >= 4 is 39.5 Å². The van der Waals surface area contributed by atoms with Crippen LogP contribution in [0.15, 0.2) is 0 Å². The van der Waals surface area contributed by atoms with Crippen molar-refractivity contribution < 1.29 is 122 Å². The monoisotopic (exact) mass is 1690 g/mol. The van der Waals surface area contributed by atoms with Gasteiger partial charge in [0.05, 0.1) is 89.1 Å². The highest BCUT2D eigenvalue weighted by molar-refractivity contribution is 8.77. The van der Waals surface area contributed by atoms with E-state index in [0.29, 0.717) is 37.6 Å². The van der Waals surface area contributed by atoms with Crippen molar-refractivity contribution in [3.05, 3.63) is 0 Å². The van der Waals surface area contributed by atoms with Crippen LogP contribution in [0.25, 0.3) is 0 Å². The molecule has 0 unspecified atom stereocenters. The van der Waals surface area contributed by atoms with Crippen molar-refractivity contribution in [2.45, 2.75) is 408 Å². The number of cyclic esters (lactones) is 2. The van der Waals surface area contributed by atoms with Gasteiger partial charge in [-0.3, -0.25) is 14.4 Å². The standard InChI is InChI=1S/C46H84N2O13S2.C38H72N2O12/c1-15-34-46(10,54)39(50)30(6)48(13)25-26(2)23-44(8,53)41(28(4)37(29(5)42(52)58-34)60-36-24-45(9,55-14)40(51)31(7)57-36)61-43-38(33(47(11)12)22-27(3)56-43)59-35(49)19-17-16-18-32-20-21-62-63-32;1-15-27-38(10,46)31(42)24(6)40(13)19-20(2)17-36(8,45)33(52-35-29(41)26(39(11)12)16-21(3)48-35)22(4)30(23(5)34(44)50-27)51-28-18-37(9,47-14)32(43)25(7)49-28/h26-34,36-41,43,50-51,53-54H,15-25H2,1-14H3;20-33,35,41-43,45-46H,15-19H2,1-14H3/t26-,27-,28+,29-,30-,31+,32-,33+,34-,36+,37+,38-,39-,40+,41-,43+,44-,45-,46-;20-,21-,22+,23-,24-,25+,26+,27-,28+,29-,30+,31-,32+,33-,35+,36-,37-,38-/m11/s1. The second-order valence-corrected chi connectivity index (χ2v) is 40.2. The van der Waals surface area contributed by atoms with Crippen LogP contribution in [0.3, 0.4) is 0 Å². The summed E-state index contributed by atoms with van der Waals surface area (Å²) >= 11 is 0. The van der Waals surface area contributed by atoms with Gasteiger partial charge in [-0.25, -0.2) is 0 Å². The molecule has 0 aromatic heterocycles. The number of hydrogen-bond acceptors (Lipinski definition) is 31. The minimum atomic E-state index is -1.82. The van der Waals surface area contributed by atoms with Gasteiger partial charge in [-0.05, 0) is 209 Å². The smallest absolute Gasteiger partial charge is 0.311 e.